The molecule has 4 rings (SSSR count). The first-order valence-electron chi connectivity index (χ1n) is 9.95. The van der Waals surface area contributed by atoms with Gasteiger partial charge in [0.2, 0.25) is 0 Å². The number of thiazole rings is 1. The van der Waals surface area contributed by atoms with Crippen molar-refractivity contribution in [1.29, 1.82) is 0 Å². The van der Waals surface area contributed by atoms with Crippen molar-refractivity contribution in [2.75, 3.05) is 38.2 Å². The van der Waals surface area contributed by atoms with Crippen molar-refractivity contribution in [1.82, 2.24) is 9.88 Å². The van der Waals surface area contributed by atoms with Gasteiger partial charge in [-0.05, 0) is 31.2 Å². The maximum atomic E-state index is 12.9. The van der Waals surface area contributed by atoms with Crippen molar-refractivity contribution in [3.05, 3.63) is 70.2 Å². The molecule has 2 aromatic carbocycles. The Morgan fingerprint density at radius 1 is 1.07 bits per heavy atom. The number of ether oxygens (including phenoxy) is 2. The zero-order valence-electron chi connectivity index (χ0n) is 17.2. The first-order valence-corrected chi connectivity index (χ1v) is 10.8. The number of para-hydroxylation sites is 2. The van der Waals surface area contributed by atoms with Crippen molar-refractivity contribution in [2.45, 2.75) is 13.5 Å². The first-order chi connectivity index (χ1) is 14.6. The summed E-state index contributed by atoms with van der Waals surface area (Å²) in [6.07, 6.45) is 0. The van der Waals surface area contributed by atoms with Gasteiger partial charge in [-0.15, -0.1) is 11.3 Å². The predicted molar refractivity (Wildman–Crippen MR) is 119 cm³/mol. The van der Waals surface area contributed by atoms with Crippen molar-refractivity contribution in [2.24, 2.45) is 0 Å². The van der Waals surface area contributed by atoms with Crippen LogP contribution in [0.15, 0.2) is 53.9 Å². The van der Waals surface area contributed by atoms with Crippen LogP contribution in [0.5, 0.6) is 11.5 Å². The van der Waals surface area contributed by atoms with Crippen LogP contribution < -0.4 is 14.4 Å². The fraction of sp³-hybridized carbons (Fsp3) is 0.304. The highest BCUT2D eigenvalue weighted by Gasteiger charge is 2.25. The molecule has 0 aliphatic carbocycles. The Morgan fingerprint density at radius 2 is 1.80 bits per heavy atom. The summed E-state index contributed by atoms with van der Waals surface area (Å²) in [4.78, 5) is 21.5. The van der Waals surface area contributed by atoms with E-state index in [0.717, 1.165) is 35.3 Å². The number of methoxy groups -OCH3 is 1. The lowest BCUT2D eigenvalue weighted by Gasteiger charge is -2.36. The summed E-state index contributed by atoms with van der Waals surface area (Å²) in [6.45, 7) is 5.24. The van der Waals surface area contributed by atoms with E-state index in [9.17, 15) is 4.79 Å². The van der Waals surface area contributed by atoms with Gasteiger partial charge in [-0.1, -0.05) is 29.8 Å². The number of anilines is 1. The Kier molecular flexibility index (Phi) is 6.18. The maximum absolute atomic E-state index is 12.9. The SMILES string of the molecule is COc1ccccc1N1CCN(C(=O)c2csc(COc3ccc(C)cc3)n2)CC1. The molecule has 7 heteroatoms. The summed E-state index contributed by atoms with van der Waals surface area (Å²) in [5, 5.41) is 2.62. The minimum Gasteiger partial charge on any atom is -0.495 e. The van der Waals surface area contributed by atoms with Gasteiger partial charge in [0.1, 0.15) is 28.8 Å². The average molecular weight is 424 g/mol. The Balaban J connectivity index is 1.33. The highest BCUT2D eigenvalue weighted by molar-refractivity contribution is 7.09. The summed E-state index contributed by atoms with van der Waals surface area (Å²) >= 11 is 1.46. The summed E-state index contributed by atoms with van der Waals surface area (Å²) in [5.41, 5.74) is 2.75. The molecule has 0 unspecified atom stereocenters. The van der Waals surface area contributed by atoms with E-state index in [1.165, 1.54) is 16.9 Å². The quantitative estimate of drug-likeness (QED) is 0.600. The van der Waals surface area contributed by atoms with Crippen LogP contribution in [0.2, 0.25) is 0 Å². The summed E-state index contributed by atoms with van der Waals surface area (Å²) in [7, 11) is 1.68. The van der Waals surface area contributed by atoms with E-state index in [1.807, 2.05) is 59.7 Å². The van der Waals surface area contributed by atoms with Crippen LogP contribution in [-0.4, -0.2) is 49.1 Å². The first kappa shape index (κ1) is 20.2. The number of hydrogen-bond acceptors (Lipinski definition) is 6. The molecular formula is C23H25N3O3S. The second-order valence-electron chi connectivity index (χ2n) is 7.18. The summed E-state index contributed by atoms with van der Waals surface area (Å²) in [5.74, 6) is 1.64. The fourth-order valence-corrected chi connectivity index (χ4v) is 4.14. The van der Waals surface area contributed by atoms with Gasteiger partial charge in [-0.3, -0.25) is 4.79 Å². The van der Waals surface area contributed by atoms with Gasteiger partial charge in [-0.2, -0.15) is 0 Å². The third-order valence-electron chi connectivity index (χ3n) is 5.15. The van der Waals surface area contributed by atoms with Gasteiger partial charge in [0.05, 0.1) is 12.8 Å². The van der Waals surface area contributed by atoms with Crippen molar-refractivity contribution >= 4 is 22.9 Å². The molecule has 1 fully saturated rings. The van der Waals surface area contributed by atoms with E-state index in [0.29, 0.717) is 25.4 Å². The molecule has 2 heterocycles. The highest BCUT2D eigenvalue weighted by Crippen LogP contribution is 2.28. The lowest BCUT2D eigenvalue weighted by Crippen LogP contribution is -2.49. The smallest absolute Gasteiger partial charge is 0.273 e. The van der Waals surface area contributed by atoms with Crippen LogP contribution in [0.25, 0.3) is 0 Å². The third kappa shape index (κ3) is 4.57. The minimum atomic E-state index is -0.0208. The van der Waals surface area contributed by atoms with Crippen LogP contribution in [0.3, 0.4) is 0 Å². The van der Waals surface area contributed by atoms with Gasteiger partial charge in [0.15, 0.2) is 0 Å². The number of benzene rings is 2. The monoisotopic (exact) mass is 423 g/mol. The van der Waals surface area contributed by atoms with Crippen LogP contribution in [-0.2, 0) is 6.61 Å². The van der Waals surface area contributed by atoms with Crippen LogP contribution in [0, 0.1) is 6.92 Å². The minimum absolute atomic E-state index is 0.0208. The molecule has 0 saturated carbocycles. The molecule has 1 aliphatic rings. The molecule has 0 spiro atoms. The van der Waals surface area contributed by atoms with E-state index < -0.39 is 0 Å². The molecule has 1 saturated heterocycles. The van der Waals surface area contributed by atoms with E-state index in [2.05, 4.69) is 16.0 Å². The van der Waals surface area contributed by atoms with Crippen molar-refractivity contribution < 1.29 is 14.3 Å². The second-order valence-corrected chi connectivity index (χ2v) is 8.12. The Hall–Kier alpha value is -3.06. The molecule has 1 amide bonds. The van der Waals surface area contributed by atoms with Crippen LogP contribution >= 0.6 is 11.3 Å². The lowest BCUT2D eigenvalue weighted by molar-refractivity contribution is 0.0741. The van der Waals surface area contributed by atoms with E-state index in [4.69, 9.17) is 9.47 Å². The van der Waals surface area contributed by atoms with Gasteiger partial charge < -0.3 is 19.3 Å². The predicted octanol–water partition coefficient (Wildman–Crippen LogP) is 4.00. The standard InChI is InChI=1S/C23H25N3O3S/c1-17-7-9-18(10-8-17)29-15-22-24-19(16-30-22)23(27)26-13-11-25(12-14-26)20-5-3-4-6-21(20)28-2/h3-10,16H,11-15H2,1-2H3. The zero-order chi connectivity index (χ0) is 20.9. The highest BCUT2D eigenvalue weighted by atomic mass is 32.1. The summed E-state index contributed by atoms with van der Waals surface area (Å²) in [6, 6.07) is 15.9. The van der Waals surface area contributed by atoms with E-state index in [1.54, 1.807) is 7.11 Å². The fourth-order valence-electron chi connectivity index (χ4n) is 3.46. The number of piperazine rings is 1. The van der Waals surface area contributed by atoms with Crippen LogP contribution in [0.1, 0.15) is 21.1 Å². The number of hydrogen-bond donors (Lipinski definition) is 0. The number of aromatic nitrogens is 1. The lowest BCUT2D eigenvalue weighted by atomic mass is 10.2. The van der Waals surface area contributed by atoms with E-state index in [-0.39, 0.29) is 5.91 Å². The topological polar surface area (TPSA) is 54.9 Å². The number of carbonyl (C=O) groups is 1. The largest absolute Gasteiger partial charge is 0.495 e. The number of amides is 1. The van der Waals surface area contributed by atoms with Gasteiger partial charge in [0.25, 0.3) is 5.91 Å². The number of rotatable bonds is 6. The van der Waals surface area contributed by atoms with Gasteiger partial charge in [0, 0.05) is 31.6 Å². The summed E-state index contributed by atoms with van der Waals surface area (Å²) < 4.78 is 11.2. The molecule has 1 aromatic heterocycles. The molecule has 0 bridgehead atoms. The van der Waals surface area contributed by atoms with Crippen molar-refractivity contribution in [3.63, 3.8) is 0 Å². The Bertz CT molecular complexity index is 995. The van der Waals surface area contributed by atoms with E-state index >= 15 is 0 Å². The Labute approximate surface area is 180 Å². The molecule has 0 atom stereocenters. The van der Waals surface area contributed by atoms with Crippen molar-refractivity contribution in [3.8, 4) is 11.5 Å². The molecule has 6 nitrogen and oxygen atoms in total. The Morgan fingerprint density at radius 3 is 2.53 bits per heavy atom. The second kappa shape index (κ2) is 9.17. The molecule has 1 aliphatic heterocycles. The number of aryl methyl sites for hydroxylation is 1. The van der Waals surface area contributed by atoms with Gasteiger partial charge >= 0.3 is 0 Å². The molecule has 3 aromatic rings. The van der Waals surface area contributed by atoms with Crippen LogP contribution in [0.4, 0.5) is 5.69 Å². The molecular weight excluding hydrogens is 398 g/mol. The molecule has 0 radical (unpaired) electrons. The third-order valence-corrected chi connectivity index (χ3v) is 5.97. The molecule has 30 heavy (non-hydrogen) atoms. The average Bonchev–Trinajstić information content (AvgIpc) is 3.27. The maximum Gasteiger partial charge on any atom is 0.273 e. The van der Waals surface area contributed by atoms with Gasteiger partial charge in [-0.25, -0.2) is 4.98 Å². The molecule has 0 N–H and O–H groups in total. The number of carbonyl (C=O) groups excluding carboxylic acids is 1. The zero-order valence-corrected chi connectivity index (χ0v) is 18.0. The normalized spacial score (nSPS) is 13.9. The molecule has 156 valence electrons. The number of nitrogens with zero attached hydrogens (tertiary/aromatic N) is 3.